The van der Waals surface area contributed by atoms with E-state index in [0.717, 1.165) is 50.5 Å². The predicted octanol–water partition coefficient (Wildman–Crippen LogP) is 6.72. The van der Waals surface area contributed by atoms with Crippen molar-refractivity contribution >= 4 is 22.6 Å². The third-order valence-corrected chi connectivity index (χ3v) is 5.61. The first kappa shape index (κ1) is 19.3. The molecule has 4 nitrogen and oxygen atoms in total. The van der Waals surface area contributed by atoms with Gasteiger partial charge >= 0.3 is 0 Å². The lowest BCUT2D eigenvalue weighted by molar-refractivity contribution is 0.415. The molecule has 3 aromatic carbocycles. The molecule has 0 atom stereocenters. The molecule has 5 heteroatoms. The van der Waals surface area contributed by atoms with Crippen LogP contribution in [0.5, 0.6) is 5.75 Å². The molecule has 0 aliphatic rings. The van der Waals surface area contributed by atoms with Crippen molar-refractivity contribution < 1.29 is 4.74 Å². The smallest absolute Gasteiger partial charge is 0.164 e. The number of ether oxygens (including phenoxy) is 1. The summed E-state index contributed by atoms with van der Waals surface area (Å²) in [5.74, 6) is 0.813. The number of nitrogens with zero attached hydrogens (tertiary/aromatic N) is 3. The Labute approximate surface area is 185 Å². The zero-order valence-corrected chi connectivity index (χ0v) is 18.0. The molecule has 5 aromatic rings. The fourth-order valence-electron chi connectivity index (χ4n) is 3.80. The molecule has 31 heavy (non-hydrogen) atoms. The maximum absolute atomic E-state index is 6.15. The van der Waals surface area contributed by atoms with Gasteiger partial charge in [0.2, 0.25) is 0 Å². The molecule has 0 amide bonds. The van der Waals surface area contributed by atoms with Crippen molar-refractivity contribution in [2.75, 3.05) is 7.11 Å². The summed E-state index contributed by atoms with van der Waals surface area (Å²) < 4.78 is 7.23. The molecule has 0 aliphatic carbocycles. The van der Waals surface area contributed by atoms with Gasteiger partial charge in [-0.25, -0.2) is 9.67 Å². The Kier molecular flexibility index (Phi) is 4.92. The van der Waals surface area contributed by atoms with E-state index in [-0.39, 0.29) is 0 Å². The molecule has 0 aliphatic heterocycles. The molecule has 0 spiro atoms. The van der Waals surface area contributed by atoms with Gasteiger partial charge in [0.1, 0.15) is 5.75 Å². The number of hydrogen-bond acceptors (Lipinski definition) is 3. The predicted molar refractivity (Wildman–Crippen MR) is 126 cm³/mol. The summed E-state index contributed by atoms with van der Waals surface area (Å²) in [6.07, 6.45) is 0. The Morgan fingerprint density at radius 2 is 1.52 bits per heavy atom. The number of fused-ring (bicyclic) bond motifs is 1. The zero-order chi connectivity index (χ0) is 21.4. The summed E-state index contributed by atoms with van der Waals surface area (Å²) in [6, 6.07) is 28.0. The molecule has 5 rings (SSSR count). The second-order valence-electron chi connectivity index (χ2n) is 7.32. The number of benzene rings is 3. The standard InChI is InChI=1S/C26H20ClN3O/c1-17-25-23(18-8-12-20(27)13-9-18)16-24(19-10-14-22(31-2)15-11-19)28-26(25)30(29-17)21-6-4-3-5-7-21/h3-16H,1-2H3. The van der Waals surface area contributed by atoms with Crippen LogP contribution in [0.4, 0.5) is 0 Å². The van der Waals surface area contributed by atoms with E-state index in [1.54, 1.807) is 7.11 Å². The normalized spacial score (nSPS) is 11.1. The summed E-state index contributed by atoms with van der Waals surface area (Å²) in [7, 11) is 1.67. The highest BCUT2D eigenvalue weighted by atomic mass is 35.5. The highest BCUT2D eigenvalue weighted by molar-refractivity contribution is 6.30. The minimum absolute atomic E-state index is 0.709. The maximum atomic E-state index is 6.15. The van der Waals surface area contributed by atoms with Crippen LogP contribution in [-0.2, 0) is 0 Å². The van der Waals surface area contributed by atoms with Crippen LogP contribution in [0.15, 0.2) is 84.9 Å². The zero-order valence-electron chi connectivity index (χ0n) is 17.2. The van der Waals surface area contributed by atoms with Crippen molar-refractivity contribution in [3.8, 4) is 33.8 Å². The molecule has 152 valence electrons. The fraction of sp³-hybridized carbons (Fsp3) is 0.0769. The number of aromatic nitrogens is 3. The number of para-hydroxylation sites is 1. The molecule has 0 fully saturated rings. The number of halogens is 1. The molecule has 0 saturated carbocycles. The lowest BCUT2D eigenvalue weighted by Crippen LogP contribution is -1.98. The van der Waals surface area contributed by atoms with E-state index < -0.39 is 0 Å². The lowest BCUT2D eigenvalue weighted by atomic mass is 9.99. The van der Waals surface area contributed by atoms with Crippen molar-refractivity contribution in [3.63, 3.8) is 0 Å². The maximum Gasteiger partial charge on any atom is 0.164 e. The van der Waals surface area contributed by atoms with Crippen LogP contribution in [0.2, 0.25) is 5.02 Å². The van der Waals surface area contributed by atoms with E-state index in [1.807, 2.05) is 90.5 Å². The van der Waals surface area contributed by atoms with E-state index in [1.165, 1.54) is 0 Å². The highest BCUT2D eigenvalue weighted by Gasteiger charge is 2.18. The summed E-state index contributed by atoms with van der Waals surface area (Å²) in [5, 5.41) is 6.57. The number of pyridine rings is 1. The number of rotatable bonds is 4. The van der Waals surface area contributed by atoms with E-state index in [4.69, 9.17) is 26.4 Å². The van der Waals surface area contributed by atoms with Crippen LogP contribution in [0.1, 0.15) is 5.69 Å². The van der Waals surface area contributed by atoms with Gasteiger partial charge < -0.3 is 4.74 Å². The average Bonchev–Trinajstić information content (AvgIpc) is 3.16. The molecule has 2 heterocycles. The van der Waals surface area contributed by atoms with E-state index >= 15 is 0 Å². The fourth-order valence-corrected chi connectivity index (χ4v) is 3.93. The Morgan fingerprint density at radius 3 is 2.19 bits per heavy atom. The molecule has 0 N–H and O–H groups in total. The largest absolute Gasteiger partial charge is 0.497 e. The number of methoxy groups -OCH3 is 1. The van der Waals surface area contributed by atoms with Gasteiger partial charge in [-0.15, -0.1) is 0 Å². The molecule has 0 saturated heterocycles. The number of hydrogen-bond donors (Lipinski definition) is 0. The second-order valence-corrected chi connectivity index (χ2v) is 7.76. The summed E-state index contributed by atoms with van der Waals surface area (Å²) in [4.78, 5) is 5.04. The van der Waals surface area contributed by atoms with Gasteiger partial charge in [-0.2, -0.15) is 5.10 Å². The topological polar surface area (TPSA) is 39.9 Å². The van der Waals surface area contributed by atoms with Crippen LogP contribution in [-0.4, -0.2) is 21.9 Å². The van der Waals surface area contributed by atoms with Crippen molar-refractivity contribution in [3.05, 3.63) is 95.6 Å². The first-order valence-electron chi connectivity index (χ1n) is 10.0. The monoisotopic (exact) mass is 425 g/mol. The first-order chi connectivity index (χ1) is 15.1. The van der Waals surface area contributed by atoms with Crippen molar-refractivity contribution in [2.45, 2.75) is 6.92 Å². The van der Waals surface area contributed by atoms with E-state index in [9.17, 15) is 0 Å². The SMILES string of the molecule is COc1ccc(-c2cc(-c3ccc(Cl)cc3)c3c(C)nn(-c4ccccc4)c3n2)cc1. The molecule has 0 bridgehead atoms. The Bertz CT molecular complexity index is 1360. The number of aryl methyl sites for hydroxylation is 1. The van der Waals surface area contributed by atoms with Gasteiger partial charge in [0.05, 0.1) is 29.6 Å². The van der Waals surface area contributed by atoms with Gasteiger partial charge in [0, 0.05) is 10.6 Å². The van der Waals surface area contributed by atoms with Crippen molar-refractivity contribution in [2.24, 2.45) is 0 Å². The highest BCUT2D eigenvalue weighted by Crippen LogP contribution is 2.35. The minimum Gasteiger partial charge on any atom is -0.497 e. The Balaban J connectivity index is 1.81. The van der Waals surface area contributed by atoms with Crippen molar-refractivity contribution in [1.82, 2.24) is 14.8 Å². The minimum atomic E-state index is 0.709. The first-order valence-corrected chi connectivity index (χ1v) is 10.4. The van der Waals surface area contributed by atoms with Gasteiger partial charge in [0.15, 0.2) is 5.65 Å². The summed E-state index contributed by atoms with van der Waals surface area (Å²) in [6.45, 7) is 2.02. The Hall–Kier alpha value is -3.63. The Morgan fingerprint density at radius 1 is 0.839 bits per heavy atom. The van der Waals surface area contributed by atoms with Gasteiger partial charge in [-0.05, 0) is 72.6 Å². The molecule has 0 unspecified atom stereocenters. The second kappa shape index (κ2) is 7.89. The average molecular weight is 426 g/mol. The van der Waals surface area contributed by atoms with E-state index in [2.05, 4.69) is 6.07 Å². The van der Waals surface area contributed by atoms with Gasteiger partial charge in [-0.3, -0.25) is 0 Å². The summed E-state index contributed by atoms with van der Waals surface area (Å²) >= 11 is 6.15. The van der Waals surface area contributed by atoms with Gasteiger partial charge in [0.25, 0.3) is 0 Å². The molecular formula is C26H20ClN3O. The van der Waals surface area contributed by atoms with Crippen molar-refractivity contribution in [1.29, 1.82) is 0 Å². The third-order valence-electron chi connectivity index (χ3n) is 5.35. The van der Waals surface area contributed by atoms with E-state index in [0.29, 0.717) is 5.02 Å². The van der Waals surface area contributed by atoms with Crippen LogP contribution in [0.3, 0.4) is 0 Å². The summed E-state index contributed by atoms with van der Waals surface area (Å²) in [5.41, 5.74) is 6.75. The van der Waals surface area contributed by atoms with Crippen LogP contribution in [0, 0.1) is 6.92 Å². The molecular weight excluding hydrogens is 406 g/mol. The van der Waals surface area contributed by atoms with Gasteiger partial charge in [-0.1, -0.05) is 41.9 Å². The van der Waals surface area contributed by atoms with Crippen LogP contribution >= 0.6 is 11.6 Å². The molecule has 2 aromatic heterocycles. The van der Waals surface area contributed by atoms with Crippen LogP contribution in [0.25, 0.3) is 39.1 Å². The molecule has 0 radical (unpaired) electrons. The quantitative estimate of drug-likeness (QED) is 0.320. The van der Waals surface area contributed by atoms with Crippen LogP contribution < -0.4 is 4.74 Å². The lowest BCUT2D eigenvalue weighted by Gasteiger charge is -2.10. The third kappa shape index (κ3) is 3.56.